The quantitative estimate of drug-likeness (QED) is 0.260. The Morgan fingerprint density at radius 3 is 0.955 bits per heavy atom. The van der Waals surface area contributed by atoms with Crippen LogP contribution < -0.4 is 29.6 Å². The van der Waals surface area contributed by atoms with Gasteiger partial charge in [-0.25, -0.2) is 0 Å². The molecule has 0 heterocycles. The zero-order valence-corrected chi connectivity index (χ0v) is 17.8. The molecule has 0 bridgehead atoms. The van der Waals surface area contributed by atoms with Gasteiger partial charge in [0.15, 0.2) is 0 Å². The Kier molecular flexibility index (Phi) is 36.7. The first-order valence-electron chi connectivity index (χ1n) is 8.11. The topological polar surface area (TPSA) is 74.6 Å². The third-order valence-corrected chi connectivity index (χ3v) is 2.96. The maximum Gasteiger partial charge on any atom is 1.00 e. The van der Waals surface area contributed by atoms with Crippen LogP contribution in [0.3, 0.4) is 0 Å². The molecular formula is C16H37NaO4S. The SMILES string of the molecule is C=C.CCCCCCCCCCCCCC.O=S(=O)(O)O.[H-].[Na+]. The fourth-order valence-electron chi connectivity index (χ4n) is 1.91. The molecule has 0 radical (unpaired) electrons. The van der Waals surface area contributed by atoms with E-state index in [2.05, 4.69) is 27.0 Å². The first-order chi connectivity index (χ1) is 9.91. The molecule has 6 heteroatoms. The molecule has 0 aliphatic rings. The molecule has 0 aromatic heterocycles. The smallest absolute Gasteiger partial charge is 1.00 e. The Balaban J connectivity index is -0.000000103. The van der Waals surface area contributed by atoms with E-state index in [-0.39, 0.29) is 31.0 Å². The zero-order chi connectivity index (χ0) is 17.0. The minimum atomic E-state index is -4.67. The molecule has 0 rings (SSSR count). The van der Waals surface area contributed by atoms with Crippen LogP contribution in [-0.4, -0.2) is 17.5 Å². The largest absolute Gasteiger partial charge is 1.00 e. The van der Waals surface area contributed by atoms with Crippen molar-refractivity contribution in [3.05, 3.63) is 13.2 Å². The molecule has 0 saturated carbocycles. The Morgan fingerprint density at radius 2 is 0.818 bits per heavy atom. The predicted octanol–water partition coefficient (Wildman–Crippen LogP) is 2.97. The average Bonchev–Trinajstić information content (AvgIpc) is 2.41. The fourth-order valence-corrected chi connectivity index (χ4v) is 1.91. The Hall–Kier alpha value is 0.610. The summed E-state index contributed by atoms with van der Waals surface area (Å²) in [5.74, 6) is 0. The molecular weight excluding hydrogens is 311 g/mol. The summed E-state index contributed by atoms with van der Waals surface area (Å²) in [4.78, 5) is 0. The minimum Gasteiger partial charge on any atom is -1.00 e. The maximum absolute atomic E-state index is 8.74. The van der Waals surface area contributed by atoms with Gasteiger partial charge in [-0.1, -0.05) is 90.9 Å². The van der Waals surface area contributed by atoms with Gasteiger partial charge < -0.3 is 1.43 Å². The molecule has 0 saturated heterocycles. The molecule has 22 heavy (non-hydrogen) atoms. The van der Waals surface area contributed by atoms with Gasteiger partial charge in [0, 0.05) is 0 Å². The van der Waals surface area contributed by atoms with Crippen molar-refractivity contribution in [1.29, 1.82) is 0 Å². The van der Waals surface area contributed by atoms with Gasteiger partial charge in [0.2, 0.25) is 0 Å². The van der Waals surface area contributed by atoms with Crippen molar-refractivity contribution in [3.8, 4) is 0 Å². The molecule has 0 aromatic carbocycles. The molecule has 0 fully saturated rings. The second-order valence-corrected chi connectivity index (χ2v) is 5.88. The maximum atomic E-state index is 8.74. The van der Waals surface area contributed by atoms with E-state index in [1.807, 2.05) is 0 Å². The Bertz CT molecular complexity index is 255. The summed E-state index contributed by atoms with van der Waals surface area (Å²) in [5.41, 5.74) is 0. The summed E-state index contributed by atoms with van der Waals surface area (Å²) in [5, 5.41) is 0. The van der Waals surface area contributed by atoms with Gasteiger partial charge in [-0.05, 0) is 0 Å². The van der Waals surface area contributed by atoms with E-state index in [1.54, 1.807) is 0 Å². The number of unbranched alkanes of at least 4 members (excludes halogenated alkanes) is 11. The predicted molar refractivity (Wildman–Crippen MR) is 93.3 cm³/mol. The van der Waals surface area contributed by atoms with Gasteiger partial charge in [0.25, 0.3) is 0 Å². The van der Waals surface area contributed by atoms with Gasteiger partial charge in [-0.15, -0.1) is 13.2 Å². The van der Waals surface area contributed by atoms with Crippen LogP contribution in [0.15, 0.2) is 13.2 Å². The summed E-state index contributed by atoms with van der Waals surface area (Å²) < 4.78 is 31.6. The molecule has 0 aromatic rings. The third-order valence-electron chi connectivity index (χ3n) is 2.96. The Morgan fingerprint density at radius 1 is 0.682 bits per heavy atom. The molecule has 0 amide bonds. The van der Waals surface area contributed by atoms with Crippen molar-refractivity contribution in [1.82, 2.24) is 0 Å². The first kappa shape index (κ1) is 30.5. The molecule has 2 N–H and O–H groups in total. The molecule has 0 aliphatic heterocycles. The van der Waals surface area contributed by atoms with Crippen LogP contribution in [0.25, 0.3) is 0 Å². The molecule has 0 spiro atoms. The monoisotopic (exact) mass is 348 g/mol. The van der Waals surface area contributed by atoms with Crippen molar-refractivity contribution in [2.75, 3.05) is 0 Å². The number of rotatable bonds is 11. The van der Waals surface area contributed by atoms with Gasteiger partial charge in [-0.3, -0.25) is 9.11 Å². The molecule has 0 atom stereocenters. The molecule has 0 unspecified atom stereocenters. The van der Waals surface area contributed by atoms with Crippen molar-refractivity contribution < 1.29 is 48.5 Å². The standard InChI is InChI=1S/C14H30.C2H4.Na.H2O4S.H/c1-3-5-7-9-11-13-14-12-10-8-6-4-2;1-2;;1-5(2,3)4;/h3-14H2,1-2H3;1-2H2;;(H2,1,2,3,4);/q;;+1;;-1. The van der Waals surface area contributed by atoms with Gasteiger partial charge in [-0.2, -0.15) is 8.42 Å². The summed E-state index contributed by atoms with van der Waals surface area (Å²) in [6, 6.07) is 0. The molecule has 132 valence electrons. The molecule has 4 nitrogen and oxygen atoms in total. The van der Waals surface area contributed by atoms with Crippen molar-refractivity contribution >= 4 is 10.4 Å². The summed E-state index contributed by atoms with van der Waals surface area (Å²) in [7, 11) is -4.67. The van der Waals surface area contributed by atoms with E-state index in [0.717, 1.165) is 0 Å². The van der Waals surface area contributed by atoms with Crippen LogP contribution in [0.2, 0.25) is 0 Å². The Labute approximate surface area is 162 Å². The van der Waals surface area contributed by atoms with Gasteiger partial charge >= 0.3 is 40.0 Å². The van der Waals surface area contributed by atoms with E-state index in [0.29, 0.717) is 0 Å². The summed E-state index contributed by atoms with van der Waals surface area (Å²) in [6.07, 6.45) is 17.4. The van der Waals surface area contributed by atoms with Crippen molar-refractivity contribution in [2.24, 2.45) is 0 Å². The normalized spacial score (nSPS) is 9.64. The average molecular weight is 349 g/mol. The second-order valence-electron chi connectivity index (χ2n) is 4.98. The zero-order valence-electron chi connectivity index (χ0n) is 16.0. The molecule has 0 aliphatic carbocycles. The van der Waals surface area contributed by atoms with Crippen LogP contribution in [-0.2, 0) is 10.4 Å². The van der Waals surface area contributed by atoms with Gasteiger partial charge in [0.05, 0.1) is 0 Å². The second kappa shape index (κ2) is 26.5. The van der Waals surface area contributed by atoms with Crippen LogP contribution >= 0.6 is 0 Å². The van der Waals surface area contributed by atoms with Crippen molar-refractivity contribution in [2.45, 2.75) is 90.9 Å². The van der Waals surface area contributed by atoms with Crippen LogP contribution in [0.5, 0.6) is 0 Å². The van der Waals surface area contributed by atoms with Gasteiger partial charge in [0.1, 0.15) is 0 Å². The van der Waals surface area contributed by atoms with E-state index in [1.165, 1.54) is 77.0 Å². The van der Waals surface area contributed by atoms with Crippen LogP contribution in [0, 0.1) is 0 Å². The number of hydrogen-bond donors (Lipinski definition) is 2. The van der Waals surface area contributed by atoms with Crippen LogP contribution in [0.1, 0.15) is 92.3 Å². The van der Waals surface area contributed by atoms with E-state index in [9.17, 15) is 0 Å². The first-order valence-corrected chi connectivity index (χ1v) is 9.51. The van der Waals surface area contributed by atoms with E-state index >= 15 is 0 Å². The summed E-state index contributed by atoms with van der Waals surface area (Å²) >= 11 is 0. The minimum absolute atomic E-state index is 0. The van der Waals surface area contributed by atoms with Crippen LogP contribution in [0.4, 0.5) is 0 Å². The number of hydrogen-bond acceptors (Lipinski definition) is 2. The van der Waals surface area contributed by atoms with E-state index in [4.69, 9.17) is 17.5 Å². The summed E-state index contributed by atoms with van der Waals surface area (Å²) in [6.45, 7) is 10.6. The van der Waals surface area contributed by atoms with E-state index < -0.39 is 10.4 Å². The third kappa shape index (κ3) is 58.8. The fraction of sp³-hybridized carbons (Fsp3) is 0.875. The van der Waals surface area contributed by atoms with Crippen molar-refractivity contribution in [3.63, 3.8) is 0 Å².